The summed E-state index contributed by atoms with van der Waals surface area (Å²) in [4.78, 5) is 28.1. The highest BCUT2D eigenvalue weighted by atomic mass is 16.5. The van der Waals surface area contributed by atoms with Crippen molar-refractivity contribution in [2.75, 3.05) is 14.2 Å². The summed E-state index contributed by atoms with van der Waals surface area (Å²) in [6, 6.07) is 14.7. The van der Waals surface area contributed by atoms with E-state index in [1.807, 2.05) is 55.5 Å². The number of rotatable bonds is 9. The van der Waals surface area contributed by atoms with Crippen LogP contribution in [0.2, 0.25) is 0 Å². The first-order chi connectivity index (χ1) is 15.5. The molecule has 1 atom stereocenters. The predicted molar refractivity (Wildman–Crippen MR) is 125 cm³/mol. The van der Waals surface area contributed by atoms with Crippen LogP contribution in [0, 0.1) is 0 Å². The summed E-state index contributed by atoms with van der Waals surface area (Å²) in [6.45, 7) is 2.15. The third-order valence-corrected chi connectivity index (χ3v) is 6.12. The van der Waals surface area contributed by atoms with E-state index in [4.69, 9.17) is 9.47 Å². The molecular weight excluding hydrogens is 404 g/mol. The number of nitrogens with zero attached hydrogens (tertiary/aromatic N) is 1. The van der Waals surface area contributed by atoms with E-state index in [-0.39, 0.29) is 24.3 Å². The molecule has 1 fully saturated rings. The molecule has 0 spiro atoms. The van der Waals surface area contributed by atoms with Gasteiger partial charge in [-0.15, -0.1) is 0 Å². The van der Waals surface area contributed by atoms with Crippen LogP contribution in [-0.4, -0.2) is 43.0 Å². The zero-order chi connectivity index (χ0) is 22.9. The molecule has 0 aromatic heterocycles. The third-order valence-electron chi connectivity index (χ3n) is 6.12. The standard InChI is InChI=1S/C26H34N2O4/c1-19(26(30)27-22-9-5-4-6-10-22)28(18-21-8-7-11-24(16-21)32-3)25(29)17-20-12-14-23(31-2)15-13-20/h7-8,11-16,19,22H,4-6,9-10,17-18H2,1-3H3,(H,27,30)/t19-/m0/s1. The van der Waals surface area contributed by atoms with Crippen molar-refractivity contribution >= 4 is 11.8 Å². The molecule has 0 bridgehead atoms. The summed E-state index contributed by atoms with van der Waals surface area (Å²) in [6.07, 6.45) is 5.74. The minimum atomic E-state index is -0.575. The van der Waals surface area contributed by atoms with Crippen molar-refractivity contribution in [3.8, 4) is 11.5 Å². The van der Waals surface area contributed by atoms with E-state index in [1.165, 1.54) is 6.42 Å². The summed E-state index contributed by atoms with van der Waals surface area (Å²) in [5.41, 5.74) is 1.80. The molecule has 2 amide bonds. The third kappa shape index (κ3) is 6.49. The smallest absolute Gasteiger partial charge is 0.242 e. The number of hydrogen-bond donors (Lipinski definition) is 1. The normalized spacial score (nSPS) is 15.0. The highest BCUT2D eigenvalue weighted by molar-refractivity contribution is 5.88. The molecule has 2 aromatic carbocycles. The minimum absolute atomic E-state index is 0.0933. The van der Waals surface area contributed by atoms with Gasteiger partial charge in [0.2, 0.25) is 11.8 Å². The lowest BCUT2D eigenvalue weighted by Gasteiger charge is -2.31. The van der Waals surface area contributed by atoms with Crippen LogP contribution in [0.3, 0.4) is 0 Å². The Hall–Kier alpha value is -3.02. The Balaban J connectivity index is 1.76. The van der Waals surface area contributed by atoms with Crippen molar-refractivity contribution in [1.82, 2.24) is 10.2 Å². The van der Waals surface area contributed by atoms with E-state index in [1.54, 1.807) is 19.1 Å². The van der Waals surface area contributed by atoms with Crippen LogP contribution < -0.4 is 14.8 Å². The summed E-state index contributed by atoms with van der Waals surface area (Å²) < 4.78 is 10.5. The number of nitrogens with one attached hydrogen (secondary N) is 1. The second kappa shape index (κ2) is 11.6. The van der Waals surface area contributed by atoms with Gasteiger partial charge in [-0.2, -0.15) is 0 Å². The van der Waals surface area contributed by atoms with Gasteiger partial charge in [-0.3, -0.25) is 9.59 Å². The summed E-state index contributed by atoms with van der Waals surface area (Å²) in [7, 11) is 3.23. The molecule has 1 aliphatic carbocycles. The van der Waals surface area contributed by atoms with Gasteiger partial charge < -0.3 is 19.7 Å². The Morgan fingerprint density at radius 2 is 1.66 bits per heavy atom. The van der Waals surface area contributed by atoms with Crippen molar-refractivity contribution in [2.45, 2.75) is 64.1 Å². The molecule has 1 aliphatic rings. The minimum Gasteiger partial charge on any atom is -0.497 e. The van der Waals surface area contributed by atoms with E-state index in [2.05, 4.69) is 5.32 Å². The molecule has 172 valence electrons. The lowest BCUT2D eigenvalue weighted by atomic mass is 9.95. The molecule has 32 heavy (non-hydrogen) atoms. The van der Waals surface area contributed by atoms with Crippen LogP contribution in [0.1, 0.15) is 50.2 Å². The fraction of sp³-hybridized carbons (Fsp3) is 0.462. The molecule has 0 aliphatic heterocycles. The first kappa shape index (κ1) is 23.6. The van der Waals surface area contributed by atoms with Gasteiger partial charge in [-0.05, 0) is 55.2 Å². The molecule has 0 heterocycles. The molecule has 6 heteroatoms. The number of ether oxygens (including phenoxy) is 2. The molecule has 2 aromatic rings. The Morgan fingerprint density at radius 1 is 0.969 bits per heavy atom. The lowest BCUT2D eigenvalue weighted by Crippen LogP contribution is -2.50. The monoisotopic (exact) mass is 438 g/mol. The van der Waals surface area contributed by atoms with E-state index in [0.717, 1.165) is 48.3 Å². The van der Waals surface area contributed by atoms with E-state index in [0.29, 0.717) is 6.54 Å². The number of benzene rings is 2. The van der Waals surface area contributed by atoms with Crippen molar-refractivity contribution < 1.29 is 19.1 Å². The zero-order valence-electron chi connectivity index (χ0n) is 19.3. The molecule has 0 unspecified atom stereocenters. The first-order valence-electron chi connectivity index (χ1n) is 11.4. The second-order valence-corrected chi connectivity index (χ2v) is 8.42. The summed E-state index contributed by atoms with van der Waals surface area (Å²) in [5.74, 6) is 1.28. The van der Waals surface area contributed by atoms with Gasteiger partial charge in [0.1, 0.15) is 17.5 Å². The fourth-order valence-corrected chi connectivity index (χ4v) is 4.14. The maximum atomic E-state index is 13.3. The molecule has 0 saturated heterocycles. The SMILES string of the molecule is COc1ccc(CC(=O)N(Cc2cccc(OC)c2)[C@@H](C)C(=O)NC2CCCCC2)cc1. The average Bonchev–Trinajstić information content (AvgIpc) is 2.83. The van der Waals surface area contributed by atoms with Crippen LogP contribution in [0.15, 0.2) is 48.5 Å². The molecule has 3 rings (SSSR count). The molecule has 0 radical (unpaired) electrons. The van der Waals surface area contributed by atoms with Crippen molar-refractivity contribution in [2.24, 2.45) is 0 Å². The number of carbonyl (C=O) groups excluding carboxylic acids is 2. The van der Waals surface area contributed by atoms with Crippen LogP contribution in [0.5, 0.6) is 11.5 Å². The van der Waals surface area contributed by atoms with Gasteiger partial charge >= 0.3 is 0 Å². The van der Waals surface area contributed by atoms with Crippen molar-refractivity contribution in [3.63, 3.8) is 0 Å². The molecule has 1 N–H and O–H groups in total. The number of carbonyl (C=O) groups is 2. The quantitative estimate of drug-likeness (QED) is 0.640. The Morgan fingerprint density at radius 3 is 2.31 bits per heavy atom. The number of amides is 2. The van der Waals surface area contributed by atoms with Crippen LogP contribution in [0.25, 0.3) is 0 Å². The summed E-state index contributed by atoms with van der Waals surface area (Å²) >= 11 is 0. The maximum Gasteiger partial charge on any atom is 0.242 e. The lowest BCUT2D eigenvalue weighted by molar-refractivity contribution is -0.140. The van der Waals surface area contributed by atoms with Gasteiger partial charge in [0.25, 0.3) is 0 Å². The maximum absolute atomic E-state index is 13.3. The second-order valence-electron chi connectivity index (χ2n) is 8.42. The molecular formula is C26H34N2O4. The predicted octanol–water partition coefficient (Wildman–Crippen LogP) is 4.11. The van der Waals surface area contributed by atoms with Gasteiger partial charge in [0.05, 0.1) is 20.6 Å². The van der Waals surface area contributed by atoms with Gasteiger partial charge in [0, 0.05) is 12.6 Å². The molecule has 6 nitrogen and oxygen atoms in total. The molecule has 1 saturated carbocycles. The fourth-order valence-electron chi connectivity index (χ4n) is 4.14. The topological polar surface area (TPSA) is 67.9 Å². The van der Waals surface area contributed by atoms with Crippen LogP contribution in [-0.2, 0) is 22.6 Å². The van der Waals surface area contributed by atoms with Crippen LogP contribution >= 0.6 is 0 Å². The average molecular weight is 439 g/mol. The Labute approximate surface area is 190 Å². The Bertz CT molecular complexity index is 891. The summed E-state index contributed by atoms with van der Waals surface area (Å²) in [5, 5.41) is 3.17. The highest BCUT2D eigenvalue weighted by Crippen LogP contribution is 2.20. The van der Waals surface area contributed by atoms with E-state index in [9.17, 15) is 9.59 Å². The largest absolute Gasteiger partial charge is 0.497 e. The van der Waals surface area contributed by atoms with E-state index >= 15 is 0 Å². The van der Waals surface area contributed by atoms with Crippen molar-refractivity contribution in [1.29, 1.82) is 0 Å². The van der Waals surface area contributed by atoms with E-state index < -0.39 is 6.04 Å². The zero-order valence-corrected chi connectivity index (χ0v) is 19.3. The van der Waals surface area contributed by atoms with Crippen LogP contribution in [0.4, 0.5) is 0 Å². The van der Waals surface area contributed by atoms with Gasteiger partial charge in [0.15, 0.2) is 0 Å². The van der Waals surface area contributed by atoms with Gasteiger partial charge in [-0.1, -0.05) is 43.5 Å². The van der Waals surface area contributed by atoms with Gasteiger partial charge in [-0.25, -0.2) is 0 Å². The number of methoxy groups -OCH3 is 2. The van der Waals surface area contributed by atoms with Crippen molar-refractivity contribution in [3.05, 3.63) is 59.7 Å². The number of hydrogen-bond acceptors (Lipinski definition) is 4. The highest BCUT2D eigenvalue weighted by Gasteiger charge is 2.28. The first-order valence-corrected chi connectivity index (χ1v) is 11.4. The Kier molecular flexibility index (Phi) is 8.54.